The van der Waals surface area contributed by atoms with Crippen molar-refractivity contribution in [1.82, 2.24) is 5.32 Å². The molecule has 0 saturated carbocycles. The first-order chi connectivity index (χ1) is 21.9. The van der Waals surface area contributed by atoms with Crippen molar-refractivity contribution in [2.24, 2.45) is 5.73 Å². The maximum Gasteiger partial charge on any atom is 0.0991 e. The summed E-state index contributed by atoms with van der Waals surface area (Å²) < 4.78 is 0. The third-order valence-corrected chi connectivity index (χ3v) is 9.20. The van der Waals surface area contributed by atoms with E-state index in [0.717, 1.165) is 16.7 Å². The summed E-state index contributed by atoms with van der Waals surface area (Å²) in [5, 5.41) is 15.5. The number of nitriles is 1. The Labute approximate surface area is 265 Å². The normalized spacial score (nSPS) is 14.5. The van der Waals surface area contributed by atoms with E-state index < -0.39 is 0 Å². The minimum atomic E-state index is -0.363. The van der Waals surface area contributed by atoms with Crippen LogP contribution in [0.15, 0.2) is 140 Å². The van der Waals surface area contributed by atoms with Crippen LogP contribution in [0.3, 0.4) is 0 Å². The van der Waals surface area contributed by atoms with Gasteiger partial charge in [-0.3, -0.25) is 5.32 Å². The van der Waals surface area contributed by atoms with Crippen LogP contribution in [0.5, 0.6) is 0 Å². The van der Waals surface area contributed by atoms with Crippen molar-refractivity contribution in [3.05, 3.63) is 173 Å². The molecule has 45 heavy (non-hydrogen) atoms. The molecule has 0 amide bonds. The van der Waals surface area contributed by atoms with Gasteiger partial charge in [-0.25, -0.2) is 0 Å². The average molecular weight is 582 g/mol. The zero-order chi connectivity index (χ0) is 31.0. The first-order valence-corrected chi connectivity index (χ1v) is 15.5. The molecule has 0 aliphatic heterocycles. The van der Waals surface area contributed by atoms with Crippen LogP contribution < -0.4 is 11.1 Å². The van der Waals surface area contributed by atoms with E-state index in [1.807, 2.05) is 54.6 Å². The summed E-state index contributed by atoms with van der Waals surface area (Å²) >= 11 is 0. The maximum absolute atomic E-state index is 9.36. The minimum Gasteiger partial charge on any atom is -0.312 e. The third-order valence-electron chi connectivity index (χ3n) is 9.20. The van der Waals surface area contributed by atoms with Gasteiger partial charge in [-0.15, -0.1) is 0 Å². The van der Waals surface area contributed by atoms with Crippen molar-refractivity contribution >= 4 is 16.8 Å². The summed E-state index contributed by atoms with van der Waals surface area (Å²) in [4.78, 5) is 0. The Morgan fingerprint density at radius 2 is 1.33 bits per heavy atom. The average Bonchev–Trinajstić information content (AvgIpc) is 3.31. The van der Waals surface area contributed by atoms with Crippen LogP contribution in [-0.2, 0) is 5.41 Å². The summed E-state index contributed by atoms with van der Waals surface area (Å²) in [6.45, 7) is 4.68. The van der Waals surface area contributed by atoms with Gasteiger partial charge in [0.1, 0.15) is 0 Å². The Hall–Kier alpha value is -5.27. The molecule has 0 spiro atoms. The lowest BCUT2D eigenvalue weighted by atomic mass is 9.81. The molecule has 1 aliphatic carbocycles. The fourth-order valence-corrected chi connectivity index (χ4v) is 6.76. The van der Waals surface area contributed by atoms with Gasteiger partial charge in [0.05, 0.1) is 23.8 Å². The van der Waals surface area contributed by atoms with Crippen LogP contribution in [0.2, 0.25) is 0 Å². The Morgan fingerprint density at radius 3 is 2.09 bits per heavy atom. The fraction of sp³-hybridized carbons (Fsp3) is 0.119. The smallest absolute Gasteiger partial charge is 0.0991 e. The molecule has 218 valence electrons. The van der Waals surface area contributed by atoms with Crippen LogP contribution in [0, 0.1) is 11.3 Å². The lowest BCUT2D eigenvalue weighted by Crippen LogP contribution is -2.31. The highest BCUT2D eigenvalue weighted by Gasteiger charge is 2.37. The number of hydrogen-bond donors (Lipinski definition) is 2. The molecule has 7 rings (SSSR count). The number of nitrogens with zero attached hydrogens (tertiary/aromatic N) is 1. The number of rotatable bonds is 7. The van der Waals surface area contributed by atoms with Gasteiger partial charge >= 0.3 is 0 Å². The van der Waals surface area contributed by atoms with Crippen LogP contribution in [0.4, 0.5) is 0 Å². The summed E-state index contributed by atoms with van der Waals surface area (Å²) in [5.74, 6) is 0. The van der Waals surface area contributed by atoms with Gasteiger partial charge in [0.2, 0.25) is 0 Å². The molecule has 1 aliphatic rings. The molecule has 3 N–H and O–H groups in total. The first-order valence-electron chi connectivity index (χ1n) is 15.5. The predicted molar refractivity (Wildman–Crippen MR) is 186 cm³/mol. The van der Waals surface area contributed by atoms with E-state index in [4.69, 9.17) is 5.73 Å². The summed E-state index contributed by atoms with van der Waals surface area (Å²) in [6, 6.07) is 48.6. The van der Waals surface area contributed by atoms with E-state index in [-0.39, 0.29) is 17.6 Å². The zero-order valence-electron chi connectivity index (χ0n) is 25.5. The quantitative estimate of drug-likeness (QED) is 0.185. The largest absolute Gasteiger partial charge is 0.312 e. The van der Waals surface area contributed by atoms with Crippen LogP contribution in [0.25, 0.3) is 39.1 Å². The minimum absolute atomic E-state index is 0.103. The lowest BCUT2D eigenvalue weighted by Gasteiger charge is -2.22. The first kappa shape index (κ1) is 28.5. The second-order valence-electron chi connectivity index (χ2n) is 12.3. The van der Waals surface area contributed by atoms with Gasteiger partial charge in [0, 0.05) is 5.41 Å². The number of hydrogen-bond acceptors (Lipinski definition) is 3. The SMILES string of the molecule is CC1(C)c2cc3ccccc3cc2-c2c(-c3ccccc3/C=C/C(NC(N)c3ccccc3)c3ccc(C#N)cc3)cccc21. The van der Waals surface area contributed by atoms with Gasteiger partial charge in [0.25, 0.3) is 0 Å². The highest BCUT2D eigenvalue weighted by atomic mass is 15.0. The molecule has 6 aromatic rings. The lowest BCUT2D eigenvalue weighted by molar-refractivity contribution is 0.509. The molecular formula is C42H35N3. The molecule has 0 heterocycles. The standard InChI is InChI=1S/C42H35N3/c1-42(2)37-18-10-17-35(40(37)36-25-32-14-6-7-15-33(32)26-38(36)42)34-16-9-8-11-29(34)23-24-39(30-21-19-28(27-43)20-22-30)45-41(44)31-12-4-3-5-13-31/h3-26,39,41,45H,44H2,1-2H3/b24-23+. The van der Waals surface area contributed by atoms with E-state index in [0.29, 0.717) is 5.56 Å². The number of nitrogens with one attached hydrogen (secondary N) is 1. The molecule has 2 unspecified atom stereocenters. The Bertz CT molecular complexity index is 2080. The van der Waals surface area contributed by atoms with E-state index >= 15 is 0 Å². The van der Waals surface area contributed by atoms with E-state index in [9.17, 15) is 5.26 Å². The number of fused-ring (bicyclic) bond motifs is 4. The maximum atomic E-state index is 9.36. The summed E-state index contributed by atoms with van der Waals surface area (Å²) in [6.07, 6.45) is 4.01. The van der Waals surface area contributed by atoms with Gasteiger partial charge in [-0.2, -0.15) is 5.26 Å². The highest BCUT2D eigenvalue weighted by molar-refractivity contribution is 5.99. The van der Waals surface area contributed by atoms with Crippen LogP contribution in [0.1, 0.15) is 59.4 Å². The summed E-state index contributed by atoms with van der Waals surface area (Å²) in [5.41, 5.74) is 18.1. The zero-order valence-corrected chi connectivity index (χ0v) is 25.5. The van der Waals surface area contributed by atoms with E-state index in [1.165, 1.54) is 44.2 Å². The Balaban J connectivity index is 1.32. The third kappa shape index (κ3) is 5.25. The van der Waals surface area contributed by atoms with E-state index in [2.05, 4.69) is 116 Å². The molecule has 0 fully saturated rings. The van der Waals surface area contributed by atoms with Crippen molar-refractivity contribution in [3.63, 3.8) is 0 Å². The topological polar surface area (TPSA) is 61.8 Å². The molecule has 3 nitrogen and oxygen atoms in total. The van der Waals surface area contributed by atoms with Gasteiger partial charge in [-0.1, -0.05) is 135 Å². The van der Waals surface area contributed by atoms with Crippen molar-refractivity contribution in [1.29, 1.82) is 5.26 Å². The Morgan fingerprint density at radius 1 is 0.667 bits per heavy atom. The van der Waals surface area contributed by atoms with Gasteiger partial charge < -0.3 is 5.73 Å². The molecule has 0 bridgehead atoms. The molecule has 2 atom stereocenters. The number of benzene rings is 6. The van der Waals surface area contributed by atoms with Gasteiger partial charge in [0.15, 0.2) is 0 Å². The summed E-state index contributed by atoms with van der Waals surface area (Å²) in [7, 11) is 0. The van der Waals surface area contributed by atoms with E-state index in [1.54, 1.807) is 0 Å². The fourth-order valence-electron chi connectivity index (χ4n) is 6.76. The van der Waals surface area contributed by atoms with Crippen molar-refractivity contribution in [2.75, 3.05) is 0 Å². The van der Waals surface area contributed by atoms with Crippen LogP contribution in [-0.4, -0.2) is 0 Å². The predicted octanol–water partition coefficient (Wildman–Crippen LogP) is 9.69. The molecule has 0 radical (unpaired) electrons. The van der Waals surface area contributed by atoms with Crippen molar-refractivity contribution in [2.45, 2.75) is 31.5 Å². The highest BCUT2D eigenvalue weighted by Crippen LogP contribution is 2.53. The van der Waals surface area contributed by atoms with Gasteiger partial charge in [-0.05, 0) is 85.1 Å². The number of nitrogens with two attached hydrogens (primary N) is 1. The van der Waals surface area contributed by atoms with Crippen molar-refractivity contribution in [3.8, 4) is 28.3 Å². The van der Waals surface area contributed by atoms with Crippen LogP contribution >= 0.6 is 0 Å². The second-order valence-corrected chi connectivity index (χ2v) is 12.3. The Kier molecular flexibility index (Phi) is 7.39. The molecule has 0 saturated heterocycles. The molecule has 3 heteroatoms. The monoisotopic (exact) mass is 581 g/mol. The molecule has 6 aromatic carbocycles. The second kappa shape index (κ2) is 11.7. The molecule has 0 aromatic heterocycles. The van der Waals surface area contributed by atoms with Crippen molar-refractivity contribution < 1.29 is 0 Å². The molecular weight excluding hydrogens is 546 g/mol.